The van der Waals surface area contributed by atoms with Gasteiger partial charge in [0.15, 0.2) is 0 Å². The summed E-state index contributed by atoms with van der Waals surface area (Å²) >= 11 is 0. The maximum Gasteiger partial charge on any atom is 0.308 e. The van der Waals surface area contributed by atoms with Gasteiger partial charge in [-0.2, -0.15) is 0 Å². The summed E-state index contributed by atoms with van der Waals surface area (Å²) in [6, 6.07) is 6.21. The molecule has 1 fully saturated rings. The van der Waals surface area contributed by atoms with Gasteiger partial charge >= 0.3 is 5.97 Å². The maximum atomic E-state index is 13.2. The van der Waals surface area contributed by atoms with Gasteiger partial charge in [0, 0.05) is 17.7 Å². The number of benzene rings is 1. The van der Waals surface area contributed by atoms with Crippen LogP contribution in [0, 0.1) is 19.7 Å². The number of cyclic esters (lactones) is 1. The summed E-state index contributed by atoms with van der Waals surface area (Å²) in [7, 11) is 0. The number of esters is 1. The van der Waals surface area contributed by atoms with Crippen LogP contribution in [0.15, 0.2) is 24.3 Å². The van der Waals surface area contributed by atoms with Crippen molar-refractivity contribution in [3.8, 4) is 11.3 Å². The second kappa shape index (κ2) is 7.27. The molecule has 0 radical (unpaired) electrons. The summed E-state index contributed by atoms with van der Waals surface area (Å²) in [6.07, 6.45) is 0.761. The lowest BCUT2D eigenvalue weighted by atomic mass is 9.96. The number of rotatable bonds is 4. The van der Waals surface area contributed by atoms with E-state index in [1.165, 1.54) is 12.1 Å². The Hall–Kier alpha value is -2.34. The first-order valence-corrected chi connectivity index (χ1v) is 8.40. The Morgan fingerprint density at radius 2 is 1.96 bits per heavy atom. The lowest BCUT2D eigenvalue weighted by molar-refractivity contribution is -0.160. The Bertz CT molecular complexity index is 777. The molecule has 1 aromatic carbocycles. The predicted molar refractivity (Wildman–Crippen MR) is 90.3 cm³/mol. The van der Waals surface area contributed by atoms with Crippen molar-refractivity contribution >= 4 is 5.97 Å². The molecule has 2 atom stereocenters. The molecule has 1 N–H and O–H groups in total. The van der Waals surface area contributed by atoms with Gasteiger partial charge < -0.3 is 9.84 Å². The summed E-state index contributed by atoms with van der Waals surface area (Å²) in [5.41, 5.74) is 3.40. The minimum Gasteiger partial charge on any atom is -0.462 e. The molecule has 3 rings (SSSR count). The van der Waals surface area contributed by atoms with E-state index in [0.717, 1.165) is 22.5 Å². The van der Waals surface area contributed by atoms with Crippen LogP contribution in [0.2, 0.25) is 0 Å². The molecule has 1 aliphatic rings. The number of aromatic nitrogens is 2. The molecule has 132 valence electrons. The normalized spacial score (nSPS) is 20.4. The topological polar surface area (TPSA) is 72.3 Å². The summed E-state index contributed by atoms with van der Waals surface area (Å²) in [6.45, 7) is 3.74. The Morgan fingerprint density at radius 1 is 1.24 bits per heavy atom. The summed E-state index contributed by atoms with van der Waals surface area (Å²) in [4.78, 5) is 20.5. The number of aliphatic hydroxyl groups excluding tert-OH is 1. The zero-order chi connectivity index (χ0) is 18.0. The highest BCUT2D eigenvalue weighted by molar-refractivity contribution is 5.71. The Labute approximate surface area is 145 Å². The highest BCUT2D eigenvalue weighted by Gasteiger charge is 2.27. The van der Waals surface area contributed by atoms with Crippen molar-refractivity contribution in [2.75, 3.05) is 0 Å². The Kier molecular flexibility index (Phi) is 5.08. The molecule has 0 aliphatic carbocycles. The molecule has 25 heavy (non-hydrogen) atoms. The summed E-state index contributed by atoms with van der Waals surface area (Å²) in [5.74, 6) is -0.00427. The largest absolute Gasteiger partial charge is 0.462 e. The van der Waals surface area contributed by atoms with Gasteiger partial charge in [-0.25, -0.2) is 14.4 Å². The molecule has 1 unspecified atom stereocenters. The third kappa shape index (κ3) is 4.20. The van der Waals surface area contributed by atoms with E-state index >= 15 is 0 Å². The fourth-order valence-corrected chi connectivity index (χ4v) is 3.23. The summed E-state index contributed by atoms with van der Waals surface area (Å²) < 4.78 is 18.5. The smallest absolute Gasteiger partial charge is 0.308 e. The van der Waals surface area contributed by atoms with Crippen LogP contribution in [-0.2, 0) is 16.0 Å². The van der Waals surface area contributed by atoms with Gasteiger partial charge in [0.2, 0.25) is 0 Å². The lowest BCUT2D eigenvalue weighted by Crippen LogP contribution is -2.32. The van der Waals surface area contributed by atoms with Crippen LogP contribution in [-0.4, -0.2) is 33.3 Å². The molecule has 1 saturated heterocycles. The van der Waals surface area contributed by atoms with E-state index in [9.17, 15) is 14.3 Å². The quantitative estimate of drug-likeness (QED) is 0.864. The highest BCUT2D eigenvalue weighted by atomic mass is 19.1. The Balaban J connectivity index is 1.85. The first kappa shape index (κ1) is 17.5. The number of halogens is 1. The summed E-state index contributed by atoms with van der Waals surface area (Å²) in [5, 5.41) is 9.74. The number of ether oxygens (including phenoxy) is 1. The zero-order valence-electron chi connectivity index (χ0n) is 14.3. The molecular weight excluding hydrogens is 323 g/mol. The SMILES string of the molecule is Cc1nc(C)c(CCC2C[C@@H](O)CC(=O)O2)c(-c2ccc(F)cc2)n1. The molecule has 1 aromatic heterocycles. The highest BCUT2D eigenvalue weighted by Crippen LogP contribution is 2.27. The average Bonchev–Trinajstić information content (AvgIpc) is 2.53. The fraction of sp³-hybridized carbons (Fsp3) is 0.421. The van der Waals surface area contributed by atoms with E-state index in [1.54, 1.807) is 12.1 Å². The molecule has 6 heteroatoms. The minimum absolute atomic E-state index is 0.0595. The van der Waals surface area contributed by atoms with E-state index in [2.05, 4.69) is 9.97 Å². The molecule has 5 nitrogen and oxygen atoms in total. The van der Waals surface area contributed by atoms with Gasteiger partial charge in [-0.15, -0.1) is 0 Å². The molecular formula is C19H21FN2O3. The molecule has 1 aliphatic heterocycles. The van der Waals surface area contributed by atoms with Crippen LogP contribution in [0.1, 0.15) is 36.3 Å². The number of carbonyl (C=O) groups excluding carboxylic acids is 1. The minimum atomic E-state index is -0.641. The average molecular weight is 344 g/mol. The monoisotopic (exact) mass is 344 g/mol. The number of aryl methyl sites for hydroxylation is 2. The number of aliphatic hydroxyl groups is 1. The van der Waals surface area contributed by atoms with Gasteiger partial charge in [-0.05, 0) is 56.5 Å². The molecule has 2 heterocycles. The molecule has 0 amide bonds. The van der Waals surface area contributed by atoms with Gasteiger partial charge in [-0.3, -0.25) is 4.79 Å². The number of hydrogen-bond donors (Lipinski definition) is 1. The number of hydrogen-bond acceptors (Lipinski definition) is 5. The van der Waals surface area contributed by atoms with Gasteiger partial charge in [0.05, 0.1) is 18.2 Å². The second-order valence-corrected chi connectivity index (χ2v) is 6.43. The van der Waals surface area contributed by atoms with Crippen molar-refractivity contribution in [3.05, 3.63) is 47.2 Å². The van der Waals surface area contributed by atoms with Crippen LogP contribution in [0.25, 0.3) is 11.3 Å². The van der Waals surface area contributed by atoms with Crippen molar-refractivity contribution < 1.29 is 19.0 Å². The first-order chi connectivity index (χ1) is 11.9. The van der Waals surface area contributed by atoms with E-state index in [4.69, 9.17) is 4.74 Å². The van der Waals surface area contributed by atoms with E-state index < -0.39 is 6.10 Å². The molecule has 2 aromatic rings. The number of carbonyl (C=O) groups is 1. The maximum absolute atomic E-state index is 13.2. The van der Waals surface area contributed by atoms with Gasteiger partial charge in [0.25, 0.3) is 0 Å². The zero-order valence-corrected chi connectivity index (χ0v) is 14.3. The van der Waals surface area contributed by atoms with Crippen LogP contribution in [0.5, 0.6) is 0 Å². The van der Waals surface area contributed by atoms with Crippen molar-refractivity contribution in [3.63, 3.8) is 0 Å². The van der Waals surface area contributed by atoms with Gasteiger partial charge in [0.1, 0.15) is 17.7 Å². The lowest BCUT2D eigenvalue weighted by Gasteiger charge is -2.26. The third-order valence-electron chi connectivity index (χ3n) is 4.40. The molecule has 0 bridgehead atoms. The number of nitrogens with zero attached hydrogens (tertiary/aromatic N) is 2. The van der Waals surface area contributed by atoms with E-state index in [0.29, 0.717) is 25.1 Å². The van der Waals surface area contributed by atoms with Crippen molar-refractivity contribution in [1.29, 1.82) is 0 Å². The van der Waals surface area contributed by atoms with Crippen molar-refractivity contribution in [2.45, 2.75) is 51.7 Å². The van der Waals surface area contributed by atoms with Crippen molar-refractivity contribution in [2.24, 2.45) is 0 Å². The fourth-order valence-electron chi connectivity index (χ4n) is 3.23. The standard InChI is InChI=1S/C19H21FN2O3/c1-11-17(8-7-16-9-15(23)10-18(24)25-16)19(22-12(2)21-11)13-3-5-14(20)6-4-13/h3-6,15-16,23H,7-10H2,1-2H3/t15-,16?/m1/s1. The molecule has 0 spiro atoms. The Morgan fingerprint density at radius 3 is 2.64 bits per heavy atom. The van der Waals surface area contributed by atoms with Crippen LogP contribution >= 0.6 is 0 Å². The van der Waals surface area contributed by atoms with Crippen LogP contribution in [0.4, 0.5) is 4.39 Å². The van der Waals surface area contributed by atoms with Gasteiger partial charge in [-0.1, -0.05) is 0 Å². The van der Waals surface area contributed by atoms with Crippen LogP contribution < -0.4 is 0 Å². The predicted octanol–water partition coefficient (Wildman–Crippen LogP) is 2.90. The van der Waals surface area contributed by atoms with Crippen LogP contribution in [0.3, 0.4) is 0 Å². The molecule has 0 saturated carbocycles. The first-order valence-electron chi connectivity index (χ1n) is 8.40. The van der Waals surface area contributed by atoms with E-state index in [-0.39, 0.29) is 24.3 Å². The van der Waals surface area contributed by atoms with Crippen molar-refractivity contribution in [1.82, 2.24) is 9.97 Å². The second-order valence-electron chi connectivity index (χ2n) is 6.43. The van der Waals surface area contributed by atoms with E-state index in [1.807, 2.05) is 13.8 Å². The third-order valence-corrected chi connectivity index (χ3v) is 4.40.